The molecule has 1 aromatic carbocycles. The topological polar surface area (TPSA) is 70.4 Å². The van der Waals surface area contributed by atoms with Crippen molar-refractivity contribution in [3.05, 3.63) is 51.5 Å². The lowest BCUT2D eigenvalue weighted by atomic mass is 10.1. The van der Waals surface area contributed by atoms with E-state index in [9.17, 15) is 14.3 Å². The van der Waals surface area contributed by atoms with E-state index in [2.05, 4.69) is 10.3 Å². The minimum absolute atomic E-state index is 0.206. The number of fused-ring (bicyclic) bond motifs is 1. The molecule has 2 aromatic heterocycles. The number of aliphatic hydroxyl groups excluding tert-OH is 1. The van der Waals surface area contributed by atoms with E-state index in [1.54, 1.807) is 40.9 Å². The van der Waals surface area contributed by atoms with Crippen LogP contribution in [0.2, 0.25) is 0 Å². The van der Waals surface area contributed by atoms with Crippen molar-refractivity contribution in [1.29, 1.82) is 0 Å². The first kappa shape index (κ1) is 17.2. The Morgan fingerprint density at radius 3 is 2.85 bits per heavy atom. The number of hydrogen-bond acceptors (Lipinski definition) is 4. The molecule has 0 bridgehead atoms. The molecule has 0 radical (unpaired) electrons. The number of likely N-dealkylation sites (tertiary alicyclic amines) is 1. The number of carbonyl (C=O) groups excluding carboxylic acids is 1. The molecule has 3 heterocycles. The van der Waals surface area contributed by atoms with Crippen LogP contribution in [-0.2, 0) is 7.05 Å². The van der Waals surface area contributed by atoms with Gasteiger partial charge in [-0.1, -0.05) is 0 Å². The number of nitrogens with zero attached hydrogens (tertiary/aromatic N) is 3. The number of benzene rings is 1. The molecule has 26 heavy (non-hydrogen) atoms. The highest BCUT2D eigenvalue weighted by molar-refractivity contribution is 14.1. The number of rotatable bonds is 3. The molecule has 0 saturated carbocycles. The summed E-state index contributed by atoms with van der Waals surface area (Å²) in [5.74, 6) is -0.125. The summed E-state index contributed by atoms with van der Waals surface area (Å²) in [7, 11) is 1.78. The van der Waals surface area contributed by atoms with Crippen molar-refractivity contribution >= 4 is 51.0 Å². The van der Waals surface area contributed by atoms with Crippen LogP contribution in [0.4, 0.5) is 15.9 Å². The van der Waals surface area contributed by atoms with E-state index in [0.29, 0.717) is 35.5 Å². The summed E-state index contributed by atoms with van der Waals surface area (Å²) in [6, 6.07) is 8.45. The number of carbonyl (C=O) groups is 1. The molecule has 0 atom stereocenters. The third-order valence-corrected chi connectivity index (χ3v) is 5.16. The van der Waals surface area contributed by atoms with E-state index in [-0.39, 0.29) is 11.6 Å². The molecule has 0 aliphatic carbocycles. The second-order valence-electron chi connectivity index (χ2n) is 6.27. The van der Waals surface area contributed by atoms with Gasteiger partial charge in [0, 0.05) is 35.3 Å². The van der Waals surface area contributed by atoms with Crippen LogP contribution in [0.25, 0.3) is 11.0 Å². The van der Waals surface area contributed by atoms with Gasteiger partial charge in [-0.05, 0) is 52.9 Å². The quantitative estimate of drug-likeness (QED) is 0.583. The Kier molecular flexibility index (Phi) is 4.31. The minimum atomic E-state index is -0.489. The van der Waals surface area contributed by atoms with E-state index in [4.69, 9.17) is 0 Å². The lowest BCUT2D eigenvalue weighted by Crippen LogP contribution is -2.53. The van der Waals surface area contributed by atoms with E-state index < -0.39 is 11.9 Å². The first-order valence-electron chi connectivity index (χ1n) is 8.08. The molecular formula is C18H16FIN4O2. The molecule has 134 valence electrons. The molecule has 4 rings (SSSR count). The normalized spacial score (nSPS) is 14.5. The Hall–Kier alpha value is -2.20. The molecule has 8 heteroatoms. The molecular weight excluding hydrogens is 450 g/mol. The maximum Gasteiger partial charge on any atom is 0.258 e. The first-order chi connectivity index (χ1) is 12.5. The van der Waals surface area contributed by atoms with Crippen molar-refractivity contribution in [1.82, 2.24) is 14.5 Å². The van der Waals surface area contributed by atoms with E-state index in [1.165, 1.54) is 6.07 Å². The van der Waals surface area contributed by atoms with Gasteiger partial charge in [0.1, 0.15) is 17.3 Å². The van der Waals surface area contributed by atoms with Gasteiger partial charge in [0.25, 0.3) is 5.91 Å². The number of aryl methyl sites for hydroxylation is 1. The summed E-state index contributed by atoms with van der Waals surface area (Å²) in [6.45, 7) is 0.597. The predicted octanol–water partition coefficient (Wildman–Crippen LogP) is 2.88. The molecule has 2 N–H and O–H groups in total. The van der Waals surface area contributed by atoms with Crippen molar-refractivity contribution in [2.24, 2.45) is 7.05 Å². The number of β-amino-alcohol motifs (C(OH)–C–C–N with tert-alkyl or cyclic N) is 1. The Balaban J connectivity index is 1.83. The fourth-order valence-corrected chi connectivity index (χ4v) is 3.57. The summed E-state index contributed by atoms with van der Waals surface area (Å²) in [4.78, 5) is 18.9. The summed E-state index contributed by atoms with van der Waals surface area (Å²) < 4.78 is 16.9. The van der Waals surface area contributed by atoms with Gasteiger partial charge in [-0.2, -0.15) is 0 Å². The van der Waals surface area contributed by atoms with Gasteiger partial charge in [-0.3, -0.25) is 4.79 Å². The average Bonchev–Trinajstić information content (AvgIpc) is 2.87. The standard InChI is InChI=1S/C18H16FIN4O2/c1-23-16-12(3-2-6-21-16)15(18(26)24-8-11(25)9-24)17(23)22-14-5-4-10(20)7-13(14)19/h2-7,11,22,25H,8-9H2,1H3. The van der Waals surface area contributed by atoms with Crippen LogP contribution in [-0.4, -0.2) is 44.7 Å². The van der Waals surface area contributed by atoms with E-state index in [0.717, 1.165) is 3.57 Å². The zero-order chi connectivity index (χ0) is 18.4. The van der Waals surface area contributed by atoms with E-state index in [1.807, 2.05) is 28.7 Å². The minimum Gasteiger partial charge on any atom is -0.389 e. The SMILES string of the molecule is Cn1c(Nc2ccc(I)cc2F)c(C(=O)N2CC(O)C2)c2cccnc21. The van der Waals surface area contributed by atoms with Crippen molar-refractivity contribution in [3.8, 4) is 0 Å². The maximum absolute atomic E-state index is 14.3. The molecule has 1 aliphatic rings. The van der Waals surface area contributed by atoms with Crippen molar-refractivity contribution in [3.63, 3.8) is 0 Å². The Morgan fingerprint density at radius 2 is 2.15 bits per heavy atom. The predicted molar refractivity (Wildman–Crippen MR) is 105 cm³/mol. The lowest BCUT2D eigenvalue weighted by molar-refractivity contribution is 0.00608. The number of amides is 1. The second kappa shape index (κ2) is 6.51. The summed E-state index contributed by atoms with van der Waals surface area (Å²) >= 11 is 2.04. The molecule has 1 fully saturated rings. The Morgan fingerprint density at radius 1 is 1.38 bits per heavy atom. The van der Waals surface area contributed by atoms with Gasteiger partial charge in [-0.25, -0.2) is 9.37 Å². The summed E-state index contributed by atoms with van der Waals surface area (Å²) in [6.07, 6.45) is 1.16. The zero-order valence-electron chi connectivity index (χ0n) is 13.9. The number of aromatic nitrogens is 2. The Labute approximate surface area is 162 Å². The summed E-state index contributed by atoms with van der Waals surface area (Å²) in [5, 5.41) is 13.3. The van der Waals surface area contributed by atoms with Crippen molar-refractivity contribution < 1.29 is 14.3 Å². The molecule has 1 aliphatic heterocycles. The number of anilines is 2. The monoisotopic (exact) mass is 466 g/mol. The second-order valence-corrected chi connectivity index (χ2v) is 7.52. The van der Waals surface area contributed by atoms with Crippen molar-refractivity contribution in [2.45, 2.75) is 6.10 Å². The molecule has 0 unspecified atom stereocenters. The van der Waals surface area contributed by atoms with Crippen LogP contribution in [0.3, 0.4) is 0 Å². The third-order valence-electron chi connectivity index (χ3n) is 4.49. The highest BCUT2D eigenvalue weighted by Crippen LogP contribution is 2.33. The largest absolute Gasteiger partial charge is 0.389 e. The Bertz CT molecular complexity index is 1010. The van der Waals surface area contributed by atoms with Gasteiger partial charge < -0.3 is 19.9 Å². The molecule has 1 saturated heterocycles. The fourth-order valence-electron chi connectivity index (χ4n) is 3.12. The molecule has 6 nitrogen and oxygen atoms in total. The number of halogens is 2. The maximum atomic E-state index is 14.3. The molecule has 1 amide bonds. The zero-order valence-corrected chi connectivity index (χ0v) is 16.1. The van der Waals surface area contributed by atoms with Crippen LogP contribution in [0, 0.1) is 9.39 Å². The van der Waals surface area contributed by atoms with Crippen LogP contribution < -0.4 is 5.32 Å². The highest BCUT2D eigenvalue weighted by atomic mass is 127. The van der Waals surface area contributed by atoms with E-state index >= 15 is 0 Å². The average molecular weight is 466 g/mol. The number of aliphatic hydroxyl groups is 1. The van der Waals surface area contributed by atoms with Gasteiger partial charge in [0.2, 0.25) is 0 Å². The van der Waals surface area contributed by atoms with Crippen LogP contribution in [0.1, 0.15) is 10.4 Å². The van der Waals surface area contributed by atoms with Crippen LogP contribution in [0.15, 0.2) is 36.5 Å². The summed E-state index contributed by atoms with van der Waals surface area (Å²) in [5.41, 5.74) is 1.35. The smallest absolute Gasteiger partial charge is 0.258 e. The first-order valence-corrected chi connectivity index (χ1v) is 9.16. The highest BCUT2D eigenvalue weighted by Gasteiger charge is 2.33. The van der Waals surface area contributed by atoms with Crippen LogP contribution in [0.5, 0.6) is 0 Å². The third kappa shape index (κ3) is 2.82. The van der Waals surface area contributed by atoms with Crippen molar-refractivity contribution in [2.75, 3.05) is 18.4 Å². The van der Waals surface area contributed by atoms with Gasteiger partial charge in [-0.15, -0.1) is 0 Å². The molecule has 0 spiro atoms. The number of hydrogen-bond donors (Lipinski definition) is 2. The van der Waals surface area contributed by atoms with Gasteiger partial charge >= 0.3 is 0 Å². The van der Waals surface area contributed by atoms with Crippen LogP contribution >= 0.6 is 22.6 Å². The number of pyridine rings is 1. The fraction of sp³-hybridized carbons (Fsp3) is 0.222. The molecule has 3 aromatic rings. The van der Waals surface area contributed by atoms with Gasteiger partial charge in [0.05, 0.1) is 17.4 Å². The van der Waals surface area contributed by atoms with Gasteiger partial charge in [0.15, 0.2) is 0 Å². The lowest BCUT2D eigenvalue weighted by Gasteiger charge is -2.36. The number of nitrogens with one attached hydrogen (secondary N) is 1.